The zero-order chi connectivity index (χ0) is 21.4. The van der Waals surface area contributed by atoms with Gasteiger partial charge in [0.25, 0.3) is 0 Å². The number of likely N-dealkylation sites (N-methyl/N-ethyl adjacent to an activating group) is 1. The lowest BCUT2D eigenvalue weighted by atomic mass is 10.2. The van der Waals surface area contributed by atoms with Crippen molar-refractivity contribution < 1.29 is 4.79 Å². The lowest BCUT2D eigenvalue weighted by Crippen LogP contribution is -2.24. The van der Waals surface area contributed by atoms with E-state index < -0.39 is 0 Å². The topological polar surface area (TPSA) is 99.0 Å². The van der Waals surface area contributed by atoms with Crippen molar-refractivity contribution in [3.05, 3.63) is 83.0 Å². The summed E-state index contributed by atoms with van der Waals surface area (Å²) >= 11 is 5.99. The fraction of sp³-hybridized carbons (Fsp3) is 0.0476. The van der Waals surface area contributed by atoms with Crippen LogP contribution in [0, 0.1) is 0 Å². The van der Waals surface area contributed by atoms with E-state index in [0.717, 1.165) is 0 Å². The fourth-order valence-corrected chi connectivity index (χ4v) is 3.32. The van der Waals surface area contributed by atoms with Crippen molar-refractivity contribution >= 4 is 40.2 Å². The van der Waals surface area contributed by atoms with Gasteiger partial charge < -0.3 is 10.6 Å². The predicted molar refractivity (Wildman–Crippen MR) is 117 cm³/mol. The summed E-state index contributed by atoms with van der Waals surface area (Å²) < 4.78 is 2.89. The van der Waals surface area contributed by atoms with Crippen LogP contribution in [0.15, 0.2) is 72.3 Å². The zero-order valence-corrected chi connectivity index (χ0v) is 16.7. The fourth-order valence-electron chi connectivity index (χ4n) is 3.20. The molecule has 2 N–H and O–H groups in total. The van der Waals surface area contributed by atoms with E-state index in [1.807, 2.05) is 0 Å². The second-order valence-corrected chi connectivity index (χ2v) is 6.92. The molecule has 0 aliphatic heterocycles. The van der Waals surface area contributed by atoms with Crippen molar-refractivity contribution in [2.45, 2.75) is 0 Å². The lowest BCUT2D eigenvalue weighted by molar-refractivity contribution is -0.113. The number of amides is 1. The molecule has 9 heteroatoms. The van der Waals surface area contributed by atoms with E-state index in [1.165, 1.54) is 26.4 Å². The van der Waals surface area contributed by atoms with Gasteiger partial charge in [-0.05, 0) is 54.6 Å². The minimum Gasteiger partial charge on any atom is -0.382 e. The molecule has 0 fully saturated rings. The summed E-state index contributed by atoms with van der Waals surface area (Å²) in [4.78, 5) is 35.0. The molecule has 1 amide bonds. The first-order valence-corrected chi connectivity index (χ1v) is 9.30. The highest BCUT2D eigenvalue weighted by Gasteiger charge is 2.20. The number of nitrogens with zero attached hydrogens (tertiary/aromatic N) is 5. The van der Waals surface area contributed by atoms with Crippen LogP contribution >= 0.6 is 11.6 Å². The van der Waals surface area contributed by atoms with E-state index in [1.54, 1.807) is 55.6 Å². The number of rotatable bonds is 4. The number of imidazole rings is 1. The Hall–Kier alpha value is -3.91. The number of nitrogens with two attached hydrogens (primary N) is 1. The van der Waals surface area contributed by atoms with E-state index in [9.17, 15) is 9.59 Å². The molecule has 4 aromatic rings. The first-order valence-electron chi connectivity index (χ1n) is 8.93. The largest absolute Gasteiger partial charge is 0.382 e. The molecule has 0 unspecified atom stereocenters. The van der Waals surface area contributed by atoms with Gasteiger partial charge in [0.1, 0.15) is 11.8 Å². The van der Waals surface area contributed by atoms with Crippen LogP contribution in [0.1, 0.15) is 0 Å². The van der Waals surface area contributed by atoms with Crippen molar-refractivity contribution in [3.8, 4) is 11.4 Å². The van der Waals surface area contributed by atoms with Crippen molar-refractivity contribution in [2.24, 2.45) is 0 Å². The molecular weight excluding hydrogens is 404 g/mol. The van der Waals surface area contributed by atoms with Crippen molar-refractivity contribution in [3.63, 3.8) is 0 Å². The molecule has 0 atom stereocenters. The van der Waals surface area contributed by atoms with Gasteiger partial charge in [-0.3, -0.25) is 9.36 Å². The third kappa shape index (κ3) is 3.13. The van der Waals surface area contributed by atoms with E-state index in [2.05, 4.69) is 16.5 Å². The molecule has 8 nitrogen and oxygen atoms in total. The van der Waals surface area contributed by atoms with Gasteiger partial charge in [-0.25, -0.2) is 19.3 Å². The smallest absolute Gasteiger partial charge is 0.339 e. The molecule has 2 aromatic carbocycles. The van der Waals surface area contributed by atoms with Crippen LogP contribution in [0.4, 0.5) is 11.5 Å². The maximum Gasteiger partial charge on any atom is 0.339 e. The number of carbonyl (C=O) groups excluding carboxylic acids is 1. The highest BCUT2D eigenvalue weighted by molar-refractivity contribution is 6.30. The van der Waals surface area contributed by atoms with E-state index in [0.29, 0.717) is 33.2 Å². The van der Waals surface area contributed by atoms with Crippen LogP contribution in [0.2, 0.25) is 5.02 Å². The summed E-state index contributed by atoms with van der Waals surface area (Å²) in [5, 5.41) is 0.550. The van der Waals surface area contributed by atoms with Crippen LogP contribution in [0.3, 0.4) is 0 Å². The van der Waals surface area contributed by atoms with Gasteiger partial charge in [-0.15, -0.1) is 0 Å². The van der Waals surface area contributed by atoms with E-state index >= 15 is 0 Å². The Kier molecular flexibility index (Phi) is 4.85. The second-order valence-electron chi connectivity index (χ2n) is 6.48. The van der Waals surface area contributed by atoms with Crippen LogP contribution in [0.25, 0.3) is 22.5 Å². The molecule has 0 aliphatic carbocycles. The first-order chi connectivity index (χ1) is 14.4. The van der Waals surface area contributed by atoms with Gasteiger partial charge in [0, 0.05) is 17.8 Å². The molecule has 0 saturated heterocycles. The summed E-state index contributed by atoms with van der Waals surface area (Å²) in [5.41, 5.74) is 8.31. The van der Waals surface area contributed by atoms with Crippen LogP contribution in [0.5, 0.6) is 0 Å². The van der Waals surface area contributed by atoms with Gasteiger partial charge in [0.2, 0.25) is 5.91 Å². The molecule has 2 aromatic heterocycles. The Morgan fingerprint density at radius 1 is 1.07 bits per heavy atom. The van der Waals surface area contributed by atoms with Crippen LogP contribution in [-0.4, -0.2) is 32.1 Å². The highest BCUT2D eigenvalue weighted by atomic mass is 35.5. The summed E-state index contributed by atoms with van der Waals surface area (Å²) in [6.07, 6.45) is 2.54. The number of aromatic nitrogens is 4. The third-order valence-electron chi connectivity index (χ3n) is 4.73. The predicted octanol–water partition coefficient (Wildman–Crippen LogP) is 2.96. The van der Waals surface area contributed by atoms with Crippen molar-refractivity contribution in [1.82, 2.24) is 19.1 Å². The van der Waals surface area contributed by atoms with Gasteiger partial charge in [0.05, 0.1) is 11.4 Å². The molecule has 0 aliphatic rings. The maximum atomic E-state index is 13.4. The molecule has 0 saturated carbocycles. The molecule has 0 bridgehead atoms. The molecule has 150 valence electrons. The normalized spacial score (nSPS) is 10.9. The van der Waals surface area contributed by atoms with Gasteiger partial charge in [-0.1, -0.05) is 18.2 Å². The SMILES string of the molecule is C=CC(=O)N(C)c1ccc(-n2c(=O)n(-c3ccc(Cl)cc3)c3c(N)ncnc32)cc1. The van der Waals surface area contributed by atoms with Crippen molar-refractivity contribution in [1.29, 1.82) is 0 Å². The Morgan fingerprint density at radius 2 is 1.67 bits per heavy atom. The Balaban J connectivity index is 1.92. The number of halogens is 1. The molecular formula is C21H17ClN6O2. The van der Waals surface area contributed by atoms with Crippen molar-refractivity contribution in [2.75, 3.05) is 17.7 Å². The van der Waals surface area contributed by atoms with Gasteiger partial charge in [-0.2, -0.15) is 0 Å². The first kappa shape index (κ1) is 19.4. The second kappa shape index (κ2) is 7.49. The summed E-state index contributed by atoms with van der Waals surface area (Å²) in [6, 6.07) is 13.7. The van der Waals surface area contributed by atoms with E-state index in [-0.39, 0.29) is 17.4 Å². The number of anilines is 2. The summed E-state index contributed by atoms with van der Waals surface area (Å²) in [6.45, 7) is 3.49. The summed E-state index contributed by atoms with van der Waals surface area (Å²) in [5.74, 6) is -0.0569. The number of fused-ring (bicyclic) bond motifs is 1. The quantitative estimate of drug-likeness (QED) is 0.512. The Labute approximate surface area is 176 Å². The van der Waals surface area contributed by atoms with Crippen LogP contribution < -0.4 is 16.3 Å². The van der Waals surface area contributed by atoms with Gasteiger partial charge in [0.15, 0.2) is 11.5 Å². The number of nitrogen functional groups attached to an aromatic ring is 1. The molecule has 0 spiro atoms. The third-order valence-corrected chi connectivity index (χ3v) is 4.99. The minimum absolute atomic E-state index is 0.179. The standard InChI is InChI=1S/C21H17ClN6O2/c1-3-17(29)26(2)14-8-10-16(11-9-14)28-20-18(19(23)24-12-25-20)27(21(28)30)15-6-4-13(22)5-7-15/h3-12H,1H2,2H3,(H2,23,24,25). The monoisotopic (exact) mass is 420 g/mol. The molecule has 30 heavy (non-hydrogen) atoms. The minimum atomic E-state index is -0.359. The maximum absolute atomic E-state index is 13.4. The number of benzene rings is 2. The number of hydrogen-bond acceptors (Lipinski definition) is 5. The average molecular weight is 421 g/mol. The highest BCUT2D eigenvalue weighted by Crippen LogP contribution is 2.24. The number of hydrogen-bond donors (Lipinski definition) is 1. The molecule has 2 heterocycles. The zero-order valence-electron chi connectivity index (χ0n) is 16.0. The van der Waals surface area contributed by atoms with Gasteiger partial charge >= 0.3 is 5.69 Å². The Morgan fingerprint density at radius 3 is 2.30 bits per heavy atom. The lowest BCUT2D eigenvalue weighted by Gasteiger charge is -2.15. The van der Waals surface area contributed by atoms with Crippen LogP contribution in [-0.2, 0) is 4.79 Å². The number of carbonyl (C=O) groups is 1. The van der Waals surface area contributed by atoms with E-state index in [4.69, 9.17) is 17.3 Å². The Bertz CT molecular complexity index is 1320. The summed E-state index contributed by atoms with van der Waals surface area (Å²) in [7, 11) is 1.64. The average Bonchev–Trinajstić information content (AvgIpc) is 3.06. The molecule has 0 radical (unpaired) electrons. The molecule has 4 rings (SSSR count).